The Labute approximate surface area is 75.5 Å². The van der Waals surface area contributed by atoms with Crippen molar-refractivity contribution in [1.29, 1.82) is 0 Å². The van der Waals surface area contributed by atoms with Crippen LogP contribution in [0, 0.1) is 5.92 Å². The summed E-state index contributed by atoms with van der Waals surface area (Å²) in [5.41, 5.74) is 5.70. The molecule has 2 heteroatoms. The first-order chi connectivity index (χ1) is 5.70. The minimum atomic E-state index is 0.159. The van der Waals surface area contributed by atoms with E-state index in [0.717, 1.165) is 12.5 Å². The Bertz CT molecular complexity index is 117. The van der Waals surface area contributed by atoms with E-state index in [4.69, 9.17) is 10.5 Å². The lowest BCUT2D eigenvalue weighted by Crippen LogP contribution is -2.32. The summed E-state index contributed by atoms with van der Waals surface area (Å²) in [6.07, 6.45) is 5.70. The third-order valence-electron chi connectivity index (χ3n) is 2.81. The van der Waals surface area contributed by atoms with Gasteiger partial charge in [0.15, 0.2) is 0 Å². The largest absolute Gasteiger partial charge is 0.377 e. The molecule has 1 fully saturated rings. The Morgan fingerprint density at radius 2 is 1.92 bits per heavy atom. The van der Waals surface area contributed by atoms with Crippen molar-refractivity contribution in [2.24, 2.45) is 11.7 Å². The van der Waals surface area contributed by atoms with Crippen LogP contribution in [0.2, 0.25) is 0 Å². The molecule has 1 rings (SSSR count). The second kappa shape index (κ2) is 4.83. The molecule has 0 heterocycles. The summed E-state index contributed by atoms with van der Waals surface area (Å²) < 4.78 is 5.66. The highest BCUT2D eigenvalue weighted by atomic mass is 16.5. The highest BCUT2D eigenvalue weighted by Gasteiger charge is 2.17. The molecule has 0 radical (unpaired) electrons. The summed E-state index contributed by atoms with van der Waals surface area (Å²) in [5.74, 6) is 0.811. The van der Waals surface area contributed by atoms with Gasteiger partial charge in [-0.3, -0.25) is 0 Å². The van der Waals surface area contributed by atoms with Gasteiger partial charge in [-0.25, -0.2) is 0 Å². The molecule has 2 nitrogen and oxygen atoms in total. The van der Waals surface area contributed by atoms with Crippen molar-refractivity contribution in [3.63, 3.8) is 0 Å². The van der Waals surface area contributed by atoms with E-state index in [9.17, 15) is 0 Å². The van der Waals surface area contributed by atoms with Crippen LogP contribution in [0.3, 0.4) is 0 Å². The number of ether oxygens (including phenoxy) is 1. The minimum Gasteiger partial charge on any atom is -0.377 e. The monoisotopic (exact) mass is 171 g/mol. The molecule has 12 heavy (non-hydrogen) atoms. The summed E-state index contributed by atoms with van der Waals surface area (Å²) in [5, 5.41) is 0. The topological polar surface area (TPSA) is 35.2 Å². The molecule has 1 saturated carbocycles. The molecule has 0 aromatic carbocycles. The molecule has 0 spiro atoms. The first-order valence-electron chi connectivity index (χ1n) is 5.07. The molecule has 1 aliphatic carbocycles. The average molecular weight is 171 g/mol. The molecule has 0 amide bonds. The average Bonchev–Trinajstić information content (AvgIpc) is 2.51. The number of hydrogen-bond acceptors (Lipinski definition) is 2. The molecule has 2 atom stereocenters. The zero-order valence-corrected chi connectivity index (χ0v) is 8.25. The van der Waals surface area contributed by atoms with E-state index in [0.29, 0.717) is 0 Å². The van der Waals surface area contributed by atoms with Crippen molar-refractivity contribution in [1.82, 2.24) is 0 Å². The van der Waals surface area contributed by atoms with E-state index in [1.165, 1.54) is 25.7 Å². The van der Waals surface area contributed by atoms with Crippen molar-refractivity contribution in [2.75, 3.05) is 6.61 Å². The maximum Gasteiger partial charge on any atom is 0.0695 e. The quantitative estimate of drug-likeness (QED) is 0.701. The Kier molecular flexibility index (Phi) is 4.02. The van der Waals surface area contributed by atoms with Crippen LogP contribution < -0.4 is 5.73 Å². The molecule has 1 aliphatic rings. The van der Waals surface area contributed by atoms with Crippen molar-refractivity contribution >= 4 is 0 Å². The first kappa shape index (κ1) is 10.0. The van der Waals surface area contributed by atoms with Gasteiger partial charge in [-0.2, -0.15) is 0 Å². The van der Waals surface area contributed by atoms with E-state index in [1.54, 1.807) is 0 Å². The van der Waals surface area contributed by atoms with Crippen LogP contribution in [0.25, 0.3) is 0 Å². The van der Waals surface area contributed by atoms with Crippen molar-refractivity contribution in [3.8, 4) is 0 Å². The van der Waals surface area contributed by atoms with Gasteiger partial charge in [-0.1, -0.05) is 12.8 Å². The van der Waals surface area contributed by atoms with E-state index >= 15 is 0 Å². The fourth-order valence-corrected chi connectivity index (χ4v) is 1.62. The Morgan fingerprint density at radius 1 is 1.33 bits per heavy atom. The van der Waals surface area contributed by atoms with Gasteiger partial charge < -0.3 is 10.5 Å². The number of hydrogen-bond donors (Lipinski definition) is 1. The van der Waals surface area contributed by atoms with Gasteiger partial charge in [0.2, 0.25) is 0 Å². The van der Waals surface area contributed by atoms with Gasteiger partial charge in [0.25, 0.3) is 0 Å². The van der Waals surface area contributed by atoms with Gasteiger partial charge in [0.1, 0.15) is 0 Å². The molecule has 0 bridgehead atoms. The van der Waals surface area contributed by atoms with E-state index in [2.05, 4.69) is 6.92 Å². The lowest BCUT2D eigenvalue weighted by molar-refractivity contribution is 0.0297. The van der Waals surface area contributed by atoms with Gasteiger partial charge in [-0.15, -0.1) is 0 Å². The van der Waals surface area contributed by atoms with Crippen LogP contribution in [0.5, 0.6) is 0 Å². The normalized spacial score (nSPS) is 24.2. The SMILES string of the molecule is CC(OCC1CCCC1)[C@H](C)N. The molecule has 0 saturated heterocycles. The maximum atomic E-state index is 5.70. The third kappa shape index (κ3) is 3.11. The Morgan fingerprint density at radius 3 is 2.42 bits per heavy atom. The molecule has 0 aromatic heterocycles. The van der Waals surface area contributed by atoms with Crippen LogP contribution in [0.4, 0.5) is 0 Å². The fraction of sp³-hybridized carbons (Fsp3) is 1.00. The Hall–Kier alpha value is -0.0800. The van der Waals surface area contributed by atoms with Crippen LogP contribution in [-0.4, -0.2) is 18.8 Å². The molecule has 0 aliphatic heterocycles. The molecular weight excluding hydrogens is 150 g/mol. The summed E-state index contributed by atoms with van der Waals surface area (Å²) in [4.78, 5) is 0. The van der Waals surface area contributed by atoms with Gasteiger partial charge in [0.05, 0.1) is 6.10 Å². The highest BCUT2D eigenvalue weighted by Crippen LogP contribution is 2.25. The predicted octanol–water partition coefficient (Wildman–Crippen LogP) is 1.93. The fourth-order valence-electron chi connectivity index (χ4n) is 1.62. The molecule has 1 unspecified atom stereocenters. The van der Waals surface area contributed by atoms with E-state index in [1.807, 2.05) is 6.92 Å². The van der Waals surface area contributed by atoms with E-state index in [-0.39, 0.29) is 12.1 Å². The predicted molar refractivity (Wildman–Crippen MR) is 51.0 cm³/mol. The van der Waals surface area contributed by atoms with Gasteiger partial charge in [0, 0.05) is 12.6 Å². The second-order valence-corrected chi connectivity index (χ2v) is 4.05. The zero-order chi connectivity index (χ0) is 8.97. The van der Waals surface area contributed by atoms with Gasteiger partial charge >= 0.3 is 0 Å². The standard InChI is InChI=1S/C10H21NO/c1-8(11)9(2)12-7-10-5-3-4-6-10/h8-10H,3-7,11H2,1-2H3/t8-,9?/m0/s1. The maximum absolute atomic E-state index is 5.70. The van der Waals surface area contributed by atoms with Crippen LogP contribution in [0.1, 0.15) is 39.5 Å². The smallest absolute Gasteiger partial charge is 0.0695 e. The molecule has 72 valence electrons. The zero-order valence-electron chi connectivity index (χ0n) is 8.25. The molecule has 2 N–H and O–H groups in total. The molecular formula is C10H21NO. The van der Waals surface area contributed by atoms with Gasteiger partial charge in [-0.05, 0) is 32.6 Å². The minimum absolute atomic E-state index is 0.159. The lowest BCUT2D eigenvalue weighted by atomic mass is 10.1. The third-order valence-corrected chi connectivity index (χ3v) is 2.81. The van der Waals surface area contributed by atoms with E-state index < -0.39 is 0 Å². The van der Waals surface area contributed by atoms with Crippen LogP contribution in [-0.2, 0) is 4.74 Å². The lowest BCUT2D eigenvalue weighted by Gasteiger charge is -2.18. The van der Waals surface area contributed by atoms with Crippen LogP contribution in [0.15, 0.2) is 0 Å². The summed E-state index contributed by atoms with van der Waals surface area (Å²) in [6.45, 7) is 4.97. The summed E-state index contributed by atoms with van der Waals surface area (Å²) >= 11 is 0. The van der Waals surface area contributed by atoms with Crippen molar-refractivity contribution < 1.29 is 4.74 Å². The molecule has 0 aromatic rings. The highest BCUT2D eigenvalue weighted by molar-refractivity contribution is 4.68. The summed E-state index contributed by atoms with van der Waals surface area (Å²) in [7, 11) is 0. The summed E-state index contributed by atoms with van der Waals surface area (Å²) in [6, 6.07) is 0.159. The van der Waals surface area contributed by atoms with Crippen LogP contribution >= 0.6 is 0 Å². The Balaban J connectivity index is 2.07. The number of rotatable bonds is 4. The van der Waals surface area contributed by atoms with Crippen molar-refractivity contribution in [2.45, 2.75) is 51.7 Å². The first-order valence-corrected chi connectivity index (χ1v) is 5.07. The van der Waals surface area contributed by atoms with Crippen molar-refractivity contribution in [3.05, 3.63) is 0 Å². The number of nitrogens with two attached hydrogens (primary N) is 1. The second-order valence-electron chi connectivity index (χ2n) is 4.05.